The molecule has 2 atom stereocenters. The normalized spacial score (nSPS) is 32.7. The van der Waals surface area contributed by atoms with E-state index in [9.17, 15) is 18.0 Å². The topological polar surface area (TPSA) is 59.0 Å². The van der Waals surface area contributed by atoms with Gasteiger partial charge in [0.15, 0.2) is 0 Å². The maximum atomic E-state index is 13.3. The van der Waals surface area contributed by atoms with Crippen LogP contribution >= 0.6 is 0 Å². The quantitative estimate of drug-likeness (QED) is 0.882. The molecule has 0 spiro atoms. The van der Waals surface area contributed by atoms with E-state index in [2.05, 4.69) is 15.7 Å². The molecule has 0 bridgehead atoms. The summed E-state index contributed by atoms with van der Waals surface area (Å²) < 4.78 is 41.4. The molecule has 1 aromatic rings. The smallest absolute Gasteiger partial charge is 0.350 e. The molecule has 8 heteroatoms. The number of carbonyl (C=O) groups excluding carboxylic acids is 1. The third-order valence-corrected chi connectivity index (χ3v) is 5.75. The van der Waals surface area contributed by atoms with Crippen LogP contribution in [0.1, 0.15) is 41.2 Å². The second-order valence-electron chi connectivity index (χ2n) is 7.17. The lowest BCUT2D eigenvalue weighted by Gasteiger charge is -2.21. The van der Waals surface area contributed by atoms with Gasteiger partial charge in [-0.15, -0.1) is 0 Å². The minimum Gasteiger partial charge on any atom is -0.350 e. The van der Waals surface area contributed by atoms with E-state index >= 15 is 0 Å². The van der Waals surface area contributed by atoms with E-state index in [1.165, 1.54) is 4.68 Å². The Hall–Kier alpha value is -1.57. The fourth-order valence-electron chi connectivity index (χ4n) is 4.08. The summed E-state index contributed by atoms with van der Waals surface area (Å²) in [5, 5.41) is 9.68. The molecule has 2 aliphatic carbocycles. The van der Waals surface area contributed by atoms with Gasteiger partial charge in [0.1, 0.15) is 5.69 Å². The average Bonchev–Trinajstić information content (AvgIpc) is 3.36. The van der Waals surface area contributed by atoms with Crippen molar-refractivity contribution in [1.82, 2.24) is 20.4 Å². The zero-order chi connectivity index (χ0) is 16.5. The van der Waals surface area contributed by atoms with Crippen LogP contribution in [0.4, 0.5) is 13.2 Å². The Morgan fingerprint density at radius 2 is 2.22 bits per heavy atom. The van der Waals surface area contributed by atoms with E-state index < -0.39 is 17.0 Å². The van der Waals surface area contributed by atoms with Crippen LogP contribution in [0.2, 0.25) is 0 Å². The molecule has 3 fully saturated rings. The fourth-order valence-corrected chi connectivity index (χ4v) is 4.08. The van der Waals surface area contributed by atoms with Crippen molar-refractivity contribution in [3.63, 3.8) is 0 Å². The van der Waals surface area contributed by atoms with Crippen LogP contribution in [0.15, 0.2) is 6.20 Å². The largest absolute Gasteiger partial charge is 0.396 e. The van der Waals surface area contributed by atoms with E-state index in [-0.39, 0.29) is 25.4 Å². The lowest BCUT2D eigenvalue weighted by atomic mass is 9.95. The average molecular weight is 328 g/mol. The highest BCUT2D eigenvalue weighted by atomic mass is 19.4. The van der Waals surface area contributed by atoms with Crippen molar-refractivity contribution < 1.29 is 18.0 Å². The van der Waals surface area contributed by atoms with Gasteiger partial charge in [0.05, 0.1) is 11.6 Å². The summed E-state index contributed by atoms with van der Waals surface area (Å²) in [6.45, 7) is 0.298. The number of amides is 1. The summed E-state index contributed by atoms with van der Waals surface area (Å²) in [6.07, 6.45) is -0.363. The second-order valence-corrected chi connectivity index (χ2v) is 7.17. The number of carbonyl (C=O) groups is 1. The van der Waals surface area contributed by atoms with Gasteiger partial charge in [0.2, 0.25) is 0 Å². The highest BCUT2D eigenvalue weighted by Gasteiger charge is 2.81. The Balaban J connectivity index is 1.48. The molecule has 0 aromatic carbocycles. The molecule has 2 heterocycles. The molecule has 1 amide bonds. The monoisotopic (exact) mass is 328 g/mol. The molecule has 4 rings (SSSR count). The summed E-state index contributed by atoms with van der Waals surface area (Å²) in [6, 6.07) is 0. The highest BCUT2D eigenvalue weighted by Crippen LogP contribution is 2.72. The number of nitrogens with zero attached hydrogens (tertiary/aromatic N) is 2. The Morgan fingerprint density at radius 1 is 1.48 bits per heavy atom. The molecule has 0 unspecified atom stereocenters. The number of hydrogen-bond donors (Lipinski definition) is 2. The van der Waals surface area contributed by atoms with Crippen LogP contribution in [0.3, 0.4) is 0 Å². The molecule has 0 radical (unpaired) electrons. The first-order chi connectivity index (χ1) is 10.8. The van der Waals surface area contributed by atoms with Crippen LogP contribution in [0, 0.1) is 10.8 Å². The van der Waals surface area contributed by atoms with Crippen molar-refractivity contribution in [2.24, 2.45) is 17.9 Å². The van der Waals surface area contributed by atoms with Gasteiger partial charge in [-0.2, -0.15) is 18.3 Å². The van der Waals surface area contributed by atoms with Crippen LogP contribution in [0.25, 0.3) is 0 Å². The van der Waals surface area contributed by atoms with Crippen molar-refractivity contribution in [2.45, 2.75) is 31.4 Å². The molecular formula is C15H19F3N4O. The number of rotatable bonds is 4. The SMILES string of the molecule is Cn1ncc(C2CC2)c1C(=O)NC[C@@]12CNC[C@]1(C(F)(F)F)C2. The number of aryl methyl sites for hydroxylation is 1. The highest BCUT2D eigenvalue weighted by molar-refractivity contribution is 5.94. The first kappa shape index (κ1) is 15.0. The molecule has 2 N–H and O–H groups in total. The molecule has 1 aromatic heterocycles. The Kier molecular flexibility index (Phi) is 2.93. The van der Waals surface area contributed by atoms with Gasteiger partial charge >= 0.3 is 6.18 Å². The minimum absolute atomic E-state index is 0.0492. The molecule has 23 heavy (non-hydrogen) atoms. The maximum Gasteiger partial charge on any atom is 0.396 e. The minimum atomic E-state index is -4.23. The molecule has 3 aliphatic rings. The Labute approximate surface area is 131 Å². The van der Waals surface area contributed by atoms with Crippen LogP contribution in [-0.4, -0.2) is 41.5 Å². The van der Waals surface area contributed by atoms with Crippen LogP contribution < -0.4 is 10.6 Å². The summed E-state index contributed by atoms with van der Waals surface area (Å²) in [4.78, 5) is 12.5. The first-order valence-electron chi connectivity index (χ1n) is 7.87. The van der Waals surface area contributed by atoms with E-state index in [0.717, 1.165) is 18.4 Å². The number of fused-ring (bicyclic) bond motifs is 1. The van der Waals surface area contributed by atoms with Crippen LogP contribution in [0.5, 0.6) is 0 Å². The van der Waals surface area contributed by atoms with Crippen LogP contribution in [-0.2, 0) is 7.05 Å². The van der Waals surface area contributed by atoms with Gasteiger partial charge in [-0.1, -0.05) is 0 Å². The number of hydrogen-bond acceptors (Lipinski definition) is 3. The number of aromatic nitrogens is 2. The third kappa shape index (κ3) is 2.03. The summed E-state index contributed by atoms with van der Waals surface area (Å²) in [5.41, 5.74) is -1.17. The predicted molar refractivity (Wildman–Crippen MR) is 75.9 cm³/mol. The van der Waals surface area contributed by atoms with E-state index in [0.29, 0.717) is 18.2 Å². The standard InChI is InChI=1S/C15H19F3N4O/c1-22-11(10(4-21-22)9-2-3-9)12(23)20-7-13-5-14(13,8-19-6-13)15(16,17)18/h4,9,19H,2-3,5-8H2,1H3,(H,20,23)/t13-,14-/m1/s1. The summed E-state index contributed by atoms with van der Waals surface area (Å²) in [5.74, 6) is 0.0436. The Morgan fingerprint density at radius 3 is 2.83 bits per heavy atom. The van der Waals surface area contributed by atoms with Crippen molar-refractivity contribution in [3.8, 4) is 0 Å². The zero-order valence-electron chi connectivity index (χ0n) is 12.8. The van der Waals surface area contributed by atoms with Gasteiger partial charge in [0.25, 0.3) is 5.91 Å². The van der Waals surface area contributed by atoms with Crippen molar-refractivity contribution in [1.29, 1.82) is 0 Å². The van der Waals surface area contributed by atoms with Gasteiger partial charge in [-0.05, 0) is 25.2 Å². The molecule has 2 saturated carbocycles. The number of nitrogens with one attached hydrogen (secondary N) is 2. The molecule has 126 valence electrons. The van der Waals surface area contributed by atoms with E-state index in [1.807, 2.05) is 0 Å². The van der Waals surface area contributed by atoms with Gasteiger partial charge in [-0.25, -0.2) is 0 Å². The van der Waals surface area contributed by atoms with Crippen molar-refractivity contribution >= 4 is 5.91 Å². The first-order valence-corrected chi connectivity index (χ1v) is 7.87. The van der Waals surface area contributed by atoms with Crippen molar-refractivity contribution in [2.75, 3.05) is 19.6 Å². The van der Waals surface area contributed by atoms with Gasteiger partial charge in [0, 0.05) is 37.7 Å². The predicted octanol–water partition coefficient (Wildman–Crippen LogP) is 1.57. The maximum absolute atomic E-state index is 13.3. The van der Waals surface area contributed by atoms with Gasteiger partial charge < -0.3 is 10.6 Å². The number of piperidine rings is 1. The second kappa shape index (κ2) is 4.49. The van der Waals surface area contributed by atoms with E-state index in [1.54, 1.807) is 13.2 Å². The zero-order valence-corrected chi connectivity index (χ0v) is 12.8. The van der Waals surface area contributed by atoms with Gasteiger partial charge in [-0.3, -0.25) is 9.48 Å². The summed E-state index contributed by atoms with van der Waals surface area (Å²) >= 11 is 0. The number of alkyl halides is 3. The fraction of sp³-hybridized carbons (Fsp3) is 0.733. The molecule has 1 saturated heterocycles. The summed E-state index contributed by atoms with van der Waals surface area (Å²) in [7, 11) is 1.69. The van der Waals surface area contributed by atoms with E-state index in [4.69, 9.17) is 0 Å². The lowest BCUT2D eigenvalue weighted by Crippen LogP contribution is -2.38. The van der Waals surface area contributed by atoms with Crippen molar-refractivity contribution in [3.05, 3.63) is 17.5 Å². The molecule has 1 aliphatic heterocycles. The molecular weight excluding hydrogens is 309 g/mol. The molecule has 5 nitrogen and oxygen atoms in total. The lowest BCUT2D eigenvalue weighted by molar-refractivity contribution is -0.190. The Bertz CT molecular complexity index is 666. The number of halogens is 3. The third-order valence-electron chi connectivity index (χ3n) is 5.75.